The van der Waals surface area contributed by atoms with Crippen molar-refractivity contribution >= 4 is 10.8 Å². The quantitative estimate of drug-likeness (QED) is 0.295. The first-order valence-corrected chi connectivity index (χ1v) is 10.8. The van der Waals surface area contributed by atoms with E-state index in [0.29, 0.717) is 0 Å². The Hall–Kier alpha value is -3.71. The van der Waals surface area contributed by atoms with Crippen LogP contribution in [0.1, 0.15) is 25.0 Å². The molecule has 1 aliphatic rings. The number of benzene rings is 4. The summed E-state index contributed by atoms with van der Waals surface area (Å²) >= 11 is 0. The third-order valence-corrected chi connectivity index (χ3v) is 6.73. The van der Waals surface area contributed by atoms with Crippen molar-refractivity contribution in [1.82, 2.24) is 4.98 Å². The molecule has 148 valence electrons. The Morgan fingerprint density at radius 3 is 2.26 bits per heavy atom. The van der Waals surface area contributed by atoms with Gasteiger partial charge in [-0.25, -0.2) is 0 Å². The standard InChI is InChI=1S/C30H23N/c1-30(2)27-13-6-5-12-25(27)26-15-14-22(19-28(26)30)21-9-7-10-23(18-21)29-24-11-4-3-8-20(24)16-17-31-29/h3-19H,1-2H3. The predicted octanol–water partition coefficient (Wildman–Crippen LogP) is 7.88. The van der Waals surface area contributed by atoms with Gasteiger partial charge in [-0.1, -0.05) is 92.7 Å². The van der Waals surface area contributed by atoms with Crippen LogP contribution in [0.3, 0.4) is 0 Å². The Morgan fingerprint density at radius 1 is 0.581 bits per heavy atom. The van der Waals surface area contributed by atoms with Gasteiger partial charge in [0, 0.05) is 22.6 Å². The molecule has 1 heteroatoms. The highest BCUT2D eigenvalue weighted by atomic mass is 14.7. The second-order valence-corrected chi connectivity index (χ2v) is 8.89. The Bertz CT molecular complexity index is 1450. The summed E-state index contributed by atoms with van der Waals surface area (Å²) in [6.07, 6.45) is 1.90. The number of pyridine rings is 1. The van der Waals surface area contributed by atoms with Gasteiger partial charge in [-0.05, 0) is 57.0 Å². The molecular weight excluding hydrogens is 374 g/mol. The smallest absolute Gasteiger partial charge is 0.0780 e. The number of hydrogen-bond donors (Lipinski definition) is 0. The average molecular weight is 398 g/mol. The van der Waals surface area contributed by atoms with Crippen LogP contribution in [0.4, 0.5) is 0 Å². The van der Waals surface area contributed by atoms with Crippen molar-refractivity contribution < 1.29 is 0 Å². The lowest BCUT2D eigenvalue weighted by Crippen LogP contribution is -2.14. The van der Waals surface area contributed by atoms with Crippen LogP contribution in [0.2, 0.25) is 0 Å². The zero-order valence-corrected chi connectivity index (χ0v) is 17.8. The Kier molecular flexibility index (Phi) is 3.88. The van der Waals surface area contributed by atoms with Gasteiger partial charge in [-0.2, -0.15) is 0 Å². The first-order valence-electron chi connectivity index (χ1n) is 10.8. The molecule has 0 atom stereocenters. The molecule has 0 spiro atoms. The molecule has 0 fully saturated rings. The number of hydrogen-bond acceptors (Lipinski definition) is 1. The van der Waals surface area contributed by atoms with Crippen molar-refractivity contribution in [3.05, 3.63) is 114 Å². The molecule has 0 amide bonds. The second-order valence-electron chi connectivity index (χ2n) is 8.89. The van der Waals surface area contributed by atoms with Gasteiger partial charge in [0.1, 0.15) is 0 Å². The normalized spacial score (nSPS) is 13.7. The lowest BCUT2D eigenvalue weighted by Gasteiger charge is -2.22. The summed E-state index contributed by atoms with van der Waals surface area (Å²) in [7, 11) is 0. The molecule has 31 heavy (non-hydrogen) atoms. The maximum Gasteiger partial charge on any atom is 0.0780 e. The van der Waals surface area contributed by atoms with Crippen molar-refractivity contribution in [1.29, 1.82) is 0 Å². The molecule has 0 unspecified atom stereocenters. The van der Waals surface area contributed by atoms with Crippen molar-refractivity contribution in [2.75, 3.05) is 0 Å². The van der Waals surface area contributed by atoms with Crippen LogP contribution < -0.4 is 0 Å². The highest BCUT2D eigenvalue weighted by Crippen LogP contribution is 2.49. The van der Waals surface area contributed by atoms with E-state index in [9.17, 15) is 0 Å². The van der Waals surface area contributed by atoms with Crippen LogP contribution >= 0.6 is 0 Å². The molecule has 6 rings (SSSR count). The van der Waals surface area contributed by atoms with Crippen LogP contribution in [0, 0.1) is 0 Å². The summed E-state index contributed by atoms with van der Waals surface area (Å²) in [5.74, 6) is 0. The molecule has 0 bridgehead atoms. The van der Waals surface area contributed by atoms with E-state index in [4.69, 9.17) is 4.98 Å². The lowest BCUT2D eigenvalue weighted by atomic mass is 9.81. The van der Waals surface area contributed by atoms with Gasteiger partial charge < -0.3 is 0 Å². The maximum atomic E-state index is 4.72. The van der Waals surface area contributed by atoms with E-state index in [1.165, 1.54) is 44.2 Å². The van der Waals surface area contributed by atoms with Gasteiger partial charge in [-0.15, -0.1) is 0 Å². The minimum absolute atomic E-state index is 0.0106. The van der Waals surface area contributed by atoms with E-state index in [1.54, 1.807) is 0 Å². The highest BCUT2D eigenvalue weighted by Gasteiger charge is 2.35. The third kappa shape index (κ3) is 2.74. The molecule has 0 saturated carbocycles. The Morgan fingerprint density at radius 2 is 1.32 bits per heavy atom. The predicted molar refractivity (Wildman–Crippen MR) is 130 cm³/mol. The van der Waals surface area contributed by atoms with Crippen LogP contribution in [0.5, 0.6) is 0 Å². The monoisotopic (exact) mass is 397 g/mol. The van der Waals surface area contributed by atoms with Crippen LogP contribution in [0.25, 0.3) is 44.3 Å². The van der Waals surface area contributed by atoms with Gasteiger partial charge in [0.15, 0.2) is 0 Å². The summed E-state index contributed by atoms with van der Waals surface area (Å²) in [4.78, 5) is 4.72. The van der Waals surface area contributed by atoms with E-state index >= 15 is 0 Å². The minimum Gasteiger partial charge on any atom is -0.256 e. The van der Waals surface area contributed by atoms with Gasteiger partial charge in [0.05, 0.1) is 5.69 Å². The van der Waals surface area contributed by atoms with Crippen molar-refractivity contribution in [2.45, 2.75) is 19.3 Å². The topological polar surface area (TPSA) is 12.9 Å². The first-order chi connectivity index (χ1) is 15.1. The third-order valence-electron chi connectivity index (χ3n) is 6.73. The summed E-state index contributed by atoms with van der Waals surface area (Å²) in [6, 6.07) is 35.0. The fourth-order valence-electron chi connectivity index (χ4n) is 5.08. The summed E-state index contributed by atoms with van der Waals surface area (Å²) in [5, 5.41) is 2.41. The van der Waals surface area contributed by atoms with Gasteiger partial charge in [0.2, 0.25) is 0 Å². The summed E-state index contributed by atoms with van der Waals surface area (Å²) in [5.41, 5.74) is 10.2. The SMILES string of the molecule is CC1(C)c2ccccc2-c2ccc(-c3cccc(-c4nccc5ccccc45)c3)cc21. The van der Waals surface area contributed by atoms with E-state index in [0.717, 1.165) is 11.3 Å². The molecule has 1 aliphatic carbocycles. The molecule has 1 nitrogen and oxygen atoms in total. The van der Waals surface area contributed by atoms with Crippen molar-refractivity contribution in [3.63, 3.8) is 0 Å². The zero-order valence-electron chi connectivity index (χ0n) is 17.8. The van der Waals surface area contributed by atoms with Crippen LogP contribution in [0.15, 0.2) is 103 Å². The van der Waals surface area contributed by atoms with Crippen LogP contribution in [-0.4, -0.2) is 4.98 Å². The van der Waals surface area contributed by atoms with Crippen molar-refractivity contribution in [3.8, 4) is 33.5 Å². The van der Waals surface area contributed by atoms with Gasteiger partial charge in [-0.3, -0.25) is 4.98 Å². The summed E-state index contributed by atoms with van der Waals surface area (Å²) in [6.45, 7) is 4.66. The van der Waals surface area contributed by atoms with E-state index in [-0.39, 0.29) is 5.41 Å². The van der Waals surface area contributed by atoms with E-state index in [1.807, 2.05) is 6.20 Å². The maximum absolute atomic E-state index is 4.72. The van der Waals surface area contributed by atoms with Crippen LogP contribution in [-0.2, 0) is 5.41 Å². The minimum atomic E-state index is 0.0106. The number of rotatable bonds is 2. The van der Waals surface area contributed by atoms with E-state index in [2.05, 4.69) is 111 Å². The molecule has 0 saturated heterocycles. The average Bonchev–Trinajstić information content (AvgIpc) is 3.05. The van der Waals surface area contributed by atoms with Gasteiger partial charge in [0.25, 0.3) is 0 Å². The molecule has 0 radical (unpaired) electrons. The zero-order chi connectivity index (χ0) is 21.0. The fourth-order valence-corrected chi connectivity index (χ4v) is 5.08. The number of aromatic nitrogens is 1. The Labute approximate surface area is 183 Å². The molecule has 0 N–H and O–H groups in total. The van der Waals surface area contributed by atoms with Gasteiger partial charge >= 0.3 is 0 Å². The molecule has 0 aliphatic heterocycles. The first kappa shape index (κ1) is 18.1. The van der Waals surface area contributed by atoms with E-state index < -0.39 is 0 Å². The molecule has 4 aromatic carbocycles. The highest BCUT2D eigenvalue weighted by molar-refractivity contribution is 5.95. The fraction of sp³-hybridized carbons (Fsp3) is 0.100. The molecule has 1 aromatic heterocycles. The molecule has 1 heterocycles. The Balaban J connectivity index is 1.48. The largest absolute Gasteiger partial charge is 0.256 e. The molecule has 5 aromatic rings. The lowest BCUT2D eigenvalue weighted by molar-refractivity contribution is 0.660. The summed E-state index contributed by atoms with van der Waals surface area (Å²) < 4.78 is 0. The number of fused-ring (bicyclic) bond motifs is 4. The number of nitrogens with zero attached hydrogens (tertiary/aromatic N) is 1. The molecular formula is C30H23N. The second kappa shape index (κ2) is 6.65. The van der Waals surface area contributed by atoms with Crippen molar-refractivity contribution in [2.24, 2.45) is 0 Å².